The third-order valence-corrected chi connectivity index (χ3v) is 2.99. The molecule has 0 aromatic rings. The van der Waals surface area contributed by atoms with Crippen molar-refractivity contribution in [3.8, 4) is 0 Å². The fourth-order valence-corrected chi connectivity index (χ4v) is 1.77. The predicted molar refractivity (Wildman–Crippen MR) is 58.2 cm³/mol. The van der Waals surface area contributed by atoms with Gasteiger partial charge in [0.2, 0.25) is 0 Å². The van der Waals surface area contributed by atoms with Crippen LogP contribution in [0, 0.1) is 0 Å². The van der Waals surface area contributed by atoms with Gasteiger partial charge in [-0.2, -0.15) is 0 Å². The van der Waals surface area contributed by atoms with Crippen LogP contribution in [0.15, 0.2) is 12.7 Å². The lowest BCUT2D eigenvalue weighted by Crippen LogP contribution is -2.11. The Hall–Kier alpha value is -0.440. The first kappa shape index (κ1) is 12.6. The Morgan fingerprint density at radius 2 is 2.23 bits per heavy atom. The largest absolute Gasteiger partial charge is 0.480 e. The van der Waals surface area contributed by atoms with Gasteiger partial charge in [0.15, 0.2) is 0 Å². The minimum Gasteiger partial charge on any atom is -0.480 e. The smallest absolute Gasteiger partial charge is 0.316 e. The topological polar surface area (TPSA) is 37.3 Å². The predicted octanol–water partition coefficient (Wildman–Crippen LogP) is 2.94. The summed E-state index contributed by atoms with van der Waals surface area (Å²) in [5.41, 5.74) is 0. The number of aliphatic carboxylic acids is 1. The highest BCUT2D eigenvalue weighted by Gasteiger charge is 2.09. The Morgan fingerprint density at radius 1 is 1.54 bits per heavy atom. The molecule has 0 bridgehead atoms. The molecule has 0 aliphatic carbocycles. The molecule has 0 aliphatic heterocycles. The van der Waals surface area contributed by atoms with E-state index in [1.807, 2.05) is 6.08 Å². The molecule has 2 nitrogen and oxygen atoms in total. The van der Waals surface area contributed by atoms with E-state index >= 15 is 0 Å². The number of thioether (sulfide) groups is 1. The molecule has 3 heteroatoms. The Labute approximate surface area is 84.4 Å². The van der Waals surface area contributed by atoms with Crippen LogP contribution in [0.4, 0.5) is 0 Å². The maximum atomic E-state index is 10.4. The molecular weight excluding hydrogens is 184 g/mol. The summed E-state index contributed by atoms with van der Waals surface area (Å²) in [5.74, 6) is 0.237. The summed E-state index contributed by atoms with van der Waals surface area (Å²) in [6.07, 6.45) is 6.44. The Kier molecular flexibility index (Phi) is 7.90. The molecule has 0 aromatic carbocycles. The SMILES string of the molecule is C=CCCCCCSC(C)C(=O)O. The molecule has 0 fully saturated rings. The van der Waals surface area contributed by atoms with Crippen LogP contribution in [0.1, 0.15) is 32.6 Å². The zero-order valence-electron chi connectivity index (χ0n) is 8.16. The van der Waals surface area contributed by atoms with Crippen LogP contribution < -0.4 is 0 Å². The molecule has 0 rings (SSSR count). The highest BCUT2D eigenvalue weighted by molar-refractivity contribution is 8.00. The van der Waals surface area contributed by atoms with E-state index in [1.54, 1.807) is 6.92 Å². The molecule has 1 N–H and O–H groups in total. The molecule has 0 saturated carbocycles. The number of carbonyl (C=O) groups is 1. The molecule has 0 aliphatic rings. The molecule has 0 saturated heterocycles. The van der Waals surface area contributed by atoms with Gasteiger partial charge in [0, 0.05) is 0 Å². The van der Waals surface area contributed by atoms with Crippen molar-refractivity contribution in [3.05, 3.63) is 12.7 Å². The molecule has 1 unspecified atom stereocenters. The highest BCUT2D eigenvalue weighted by Crippen LogP contribution is 2.13. The Balaban J connectivity index is 3.15. The van der Waals surface area contributed by atoms with Crippen LogP contribution in [-0.4, -0.2) is 22.1 Å². The molecular formula is C10H18O2S. The van der Waals surface area contributed by atoms with Crippen LogP contribution in [0.2, 0.25) is 0 Å². The first-order valence-corrected chi connectivity index (χ1v) is 5.68. The zero-order valence-corrected chi connectivity index (χ0v) is 8.98. The van der Waals surface area contributed by atoms with Crippen LogP contribution in [0.3, 0.4) is 0 Å². The van der Waals surface area contributed by atoms with Gasteiger partial charge in [0.25, 0.3) is 0 Å². The quantitative estimate of drug-likeness (QED) is 0.485. The summed E-state index contributed by atoms with van der Waals surface area (Å²) in [7, 11) is 0. The van der Waals surface area contributed by atoms with Crippen molar-refractivity contribution < 1.29 is 9.90 Å². The van der Waals surface area contributed by atoms with E-state index in [1.165, 1.54) is 24.6 Å². The van der Waals surface area contributed by atoms with Gasteiger partial charge in [-0.3, -0.25) is 4.79 Å². The second kappa shape index (κ2) is 8.17. The van der Waals surface area contributed by atoms with E-state index in [9.17, 15) is 4.79 Å². The molecule has 0 aromatic heterocycles. The van der Waals surface area contributed by atoms with Gasteiger partial charge in [0.1, 0.15) is 0 Å². The van der Waals surface area contributed by atoms with Crippen molar-refractivity contribution in [3.63, 3.8) is 0 Å². The zero-order chi connectivity index (χ0) is 10.1. The first-order chi connectivity index (χ1) is 6.18. The third-order valence-electron chi connectivity index (χ3n) is 1.77. The molecule has 0 radical (unpaired) electrons. The van der Waals surface area contributed by atoms with Crippen molar-refractivity contribution in [1.29, 1.82) is 0 Å². The highest BCUT2D eigenvalue weighted by atomic mass is 32.2. The van der Waals surface area contributed by atoms with Crippen molar-refractivity contribution in [2.75, 3.05) is 5.75 Å². The van der Waals surface area contributed by atoms with Gasteiger partial charge in [-0.05, 0) is 31.9 Å². The third kappa shape index (κ3) is 7.91. The number of hydrogen-bond acceptors (Lipinski definition) is 2. The Morgan fingerprint density at radius 3 is 2.77 bits per heavy atom. The van der Waals surface area contributed by atoms with Gasteiger partial charge < -0.3 is 5.11 Å². The first-order valence-electron chi connectivity index (χ1n) is 4.63. The molecule has 76 valence electrons. The fourth-order valence-electron chi connectivity index (χ4n) is 0.899. The second-order valence-corrected chi connectivity index (χ2v) is 4.44. The number of rotatable bonds is 8. The van der Waals surface area contributed by atoms with E-state index in [4.69, 9.17) is 5.11 Å². The lowest BCUT2D eigenvalue weighted by molar-refractivity contribution is -0.136. The fraction of sp³-hybridized carbons (Fsp3) is 0.700. The average Bonchev–Trinajstić information content (AvgIpc) is 2.10. The maximum absolute atomic E-state index is 10.4. The number of carboxylic acids is 1. The summed E-state index contributed by atoms with van der Waals surface area (Å²) in [5, 5.41) is 8.32. The van der Waals surface area contributed by atoms with Crippen LogP contribution >= 0.6 is 11.8 Å². The number of allylic oxidation sites excluding steroid dienone is 1. The van der Waals surface area contributed by atoms with Crippen LogP contribution in [0.25, 0.3) is 0 Å². The molecule has 0 amide bonds. The van der Waals surface area contributed by atoms with E-state index in [2.05, 4.69) is 6.58 Å². The van der Waals surface area contributed by atoms with Gasteiger partial charge in [-0.1, -0.05) is 12.5 Å². The van der Waals surface area contributed by atoms with Gasteiger partial charge in [-0.15, -0.1) is 18.3 Å². The minimum absolute atomic E-state index is 0.264. The maximum Gasteiger partial charge on any atom is 0.316 e. The molecule has 0 spiro atoms. The van der Waals surface area contributed by atoms with Gasteiger partial charge in [0.05, 0.1) is 5.25 Å². The van der Waals surface area contributed by atoms with Crippen molar-refractivity contribution >= 4 is 17.7 Å². The number of hydrogen-bond donors (Lipinski definition) is 1. The van der Waals surface area contributed by atoms with E-state index < -0.39 is 5.97 Å². The summed E-state index contributed by atoms with van der Waals surface area (Å²) in [6.45, 7) is 5.38. The summed E-state index contributed by atoms with van der Waals surface area (Å²) in [6, 6.07) is 0. The Bertz CT molecular complexity index is 157. The summed E-state index contributed by atoms with van der Waals surface area (Å²) >= 11 is 1.52. The van der Waals surface area contributed by atoms with Crippen molar-refractivity contribution in [2.45, 2.75) is 37.9 Å². The van der Waals surface area contributed by atoms with Crippen LogP contribution in [0.5, 0.6) is 0 Å². The van der Waals surface area contributed by atoms with Gasteiger partial charge >= 0.3 is 5.97 Å². The van der Waals surface area contributed by atoms with Crippen molar-refractivity contribution in [1.82, 2.24) is 0 Å². The lowest BCUT2D eigenvalue weighted by atomic mass is 10.2. The average molecular weight is 202 g/mol. The molecule has 0 heterocycles. The lowest BCUT2D eigenvalue weighted by Gasteiger charge is -2.04. The van der Waals surface area contributed by atoms with Crippen LogP contribution in [-0.2, 0) is 4.79 Å². The summed E-state index contributed by atoms with van der Waals surface area (Å²) < 4.78 is 0. The van der Waals surface area contributed by atoms with Gasteiger partial charge in [-0.25, -0.2) is 0 Å². The molecule has 13 heavy (non-hydrogen) atoms. The van der Waals surface area contributed by atoms with E-state index in [-0.39, 0.29) is 5.25 Å². The number of carboxylic acid groups (broad SMARTS) is 1. The second-order valence-electron chi connectivity index (χ2n) is 2.99. The minimum atomic E-state index is -0.712. The normalized spacial score (nSPS) is 12.4. The summed E-state index contributed by atoms with van der Waals surface area (Å²) in [4.78, 5) is 10.4. The number of unbranched alkanes of at least 4 members (excludes halogenated alkanes) is 3. The standard InChI is InChI=1S/C10H18O2S/c1-3-4-5-6-7-8-13-9(2)10(11)12/h3,9H,1,4-8H2,2H3,(H,11,12). The monoisotopic (exact) mass is 202 g/mol. The van der Waals surface area contributed by atoms with E-state index in [0.717, 1.165) is 18.6 Å². The molecule has 1 atom stereocenters. The van der Waals surface area contributed by atoms with Crippen molar-refractivity contribution in [2.24, 2.45) is 0 Å². The van der Waals surface area contributed by atoms with E-state index in [0.29, 0.717) is 0 Å².